The molecule has 6 nitrogen and oxygen atoms in total. The van der Waals surface area contributed by atoms with Gasteiger partial charge in [0.25, 0.3) is 5.91 Å². The van der Waals surface area contributed by atoms with Crippen LogP contribution in [0.1, 0.15) is 15.9 Å². The Labute approximate surface area is 163 Å². The Hall–Kier alpha value is -2.38. The molecular weight excluding hydrogens is 362 g/mol. The first-order valence-electron chi connectivity index (χ1n) is 8.87. The number of aromatic nitrogens is 1. The lowest BCUT2D eigenvalue weighted by Gasteiger charge is -2.34. The Balaban J connectivity index is 1.45. The standard InChI is InChI=1S/C20H23N3O3S/c1-27-19-17(8-5-9-21-19)20(25)26-15-18(24)23-12-10-22(11-13-23)14-16-6-3-2-4-7-16/h2-9H,10-15H2,1H3. The predicted octanol–water partition coefficient (Wildman–Crippen LogP) is 2.30. The van der Waals surface area contributed by atoms with Crippen molar-refractivity contribution in [3.63, 3.8) is 0 Å². The summed E-state index contributed by atoms with van der Waals surface area (Å²) in [5.74, 6) is -0.666. The van der Waals surface area contributed by atoms with Crippen LogP contribution in [-0.2, 0) is 16.1 Å². The maximum absolute atomic E-state index is 12.4. The molecule has 1 aromatic heterocycles. The predicted molar refractivity (Wildman–Crippen MR) is 105 cm³/mol. The number of hydrogen-bond donors (Lipinski definition) is 0. The Morgan fingerprint density at radius 1 is 1.07 bits per heavy atom. The van der Waals surface area contributed by atoms with E-state index in [2.05, 4.69) is 22.0 Å². The van der Waals surface area contributed by atoms with Crippen LogP contribution in [0.3, 0.4) is 0 Å². The van der Waals surface area contributed by atoms with Gasteiger partial charge in [0, 0.05) is 38.9 Å². The van der Waals surface area contributed by atoms with Gasteiger partial charge in [-0.25, -0.2) is 9.78 Å². The molecule has 1 aliphatic rings. The van der Waals surface area contributed by atoms with E-state index in [4.69, 9.17) is 4.74 Å². The minimum absolute atomic E-state index is 0.155. The van der Waals surface area contributed by atoms with Crippen molar-refractivity contribution < 1.29 is 14.3 Å². The summed E-state index contributed by atoms with van der Waals surface area (Å²) in [6, 6.07) is 13.6. The molecule has 0 unspecified atom stereocenters. The van der Waals surface area contributed by atoms with Gasteiger partial charge >= 0.3 is 5.97 Å². The van der Waals surface area contributed by atoms with Crippen LogP contribution in [0.4, 0.5) is 0 Å². The summed E-state index contributed by atoms with van der Waals surface area (Å²) in [5, 5.41) is 0.601. The number of rotatable bonds is 6. The number of ether oxygens (including phenoxy) is 1. The third-order valence-electron chi connectivity index (χ3n) is 4.49. The van der Waals surface area contributed by atoms with Gasteiger partial charge in [-0.05, 0) is 24.0 Å². The maximum Gasteiger partial charge on any atom is 0.341 e. The molecule has 0 spiro atoms. The highest BCUT2D eigenvalue weighted by Gasteiger charge is 2.23. The van der Waals surface area contributed by atoms with Crippen molar-refractivity contribution in [3.05, 3.63) is 59.8 Å². The van der Waals surface area contributed by atoms with Gasteiger partial charge in [0.15, 0.2) is 6.61 Å². The van der Waals surface area contributed by atoms with Crippen molar-refractivity contribution in [1.82, 2.24) is 14.8 Å². The summed E-state index contributed by atoms with van der Waals surface area (Å²) in [6.07, 6.45) is 3.47. The van der Waals surface area contributed by atoms with E-state index in [-0.39, 0.29) is 12.5 Å². The Morgan fingerprint density at radius 2 is 1.81 bits per heavy atom. The Morgan fingerprint density at radius 3 is 2.52 bits per heavy atom. The molecule has 0 saturated carbocycles. The van der Waals surface area contributed by atoms with Gasteiger partial charge < -0.3 is 9.64 Å². The second-order valence-electron chi connectivity index (χ2n) is 6.28. The van der Waals surface area contributed by atoms with Gasteiger partial charge in [0.05, 0.1) is 5.56 Å². The fourth-order valence-electron chi connectivity index (χ4n) is 3.00. The van der Waals surface area contributed by atoms with E-state index in [1.165, 1.54) is 17.3 Å². The third-order valence-corrected chi connectivity index (χ3v) is 5.20. The summed E-state index contributed by atoms with van der Waals surface area (Å²) in [4.78, 5) is 32.8. The third kappa shape index (κ3) is 5.30. The molecule has 1 amide bonds. The maximum atomic E-state index is 12.4. The van der Waals surface area contributed by atoms with Crippen molar-refractivity contribution >= 4 is 23.6 Å². The van der Waals surface area contributed by atoms with E-state index in [1.54, 1.807) is 23.2 Å². The average molecular weight is 385 g/mol. The SMILES string of the molecule is CSc1ncccc1C(=O)OCC(=O)N1CCN(Cc2ccccc2)CC1. The molecule has 3 rings (SSSR count). The molecule has 2 aromatic rings. The van der Waals surface area contributed by atoms with Crippen LogP contribution < -0.4 is 0 Å². The monoisotopic (exact) mass is 385 g/mol. The molecule has 0 N–H and O–H groups in total. The first-order valence-corrected chi connectivity index (χ1v) is 10.1. The van der Waals surface area contributed by atoms with E-state index < -0.39 is 5.97 Å². The van der Waals surface area contributed by atoms with Gasteiger partial charge in [0.1, 0.15) is 5.03 Å². The van der Waals surface area contributed by atoms with Crippen molar-refractivity contribution in [2.75, 3.05) is 39.0 Å². The summed E-state index contributed by atoms with van der Waals surface area (Å²) in [6.45, 7) is 3.57. The van der Waals surface area contributed by atoms with Crippen LogP contribution in [0.15, 0.2) is 53.7 Å². The minimum Gasteiger partial charge on any atom is -0.452 e. The molecule has 2 heterocycles. The van der Waals surface area contributed by atoms with E-state index in [9.17, 15) is 9.59 Å². The molecule has 1 fully saturated rings. The largest absolute Gasteiger partial charge is 0.452 e. The van der Waals surface area contributed by atoms with Gasteiger partial charge in [-0.15, -0.1) is 11.8 Å². The topological polar surface area (TPSA) is 62.7 Å². The van der Waals surface area contributed by atoms with Gasteiger partial charge in [-0.3, -0.25) is 9.69 Å². The fourth-order valence-corrected chi connectivity index (χ4v) is 3.54. The zero-order chi connectivity index (χ0) is 19.1. The van der Waals surface area contributed by atoms with E-state index in [1.807, 2.05) is 24.5 Å². The number of piperazine rings is 1. The van der Waals surface area contributed by atoms with E-state index in [0.29, 0.717) is 23.7 Å². The molecule has 0 radical (unpaired) electrons. The number of carbonyl (C=O) groups excluding carboxylic acids is 2. The molecule has 0 atom stereocenters. The van der Waals surface area contributed by atoms with Crippen molar-refractivity contribution in [2.24, 2.45) is 0 Å². The molecule has 1 aliphatic heterocycles. The van der Waals surface area contributed by atoms with Crippen LogP contribution in [-0.4, -0.2) is 65.7 Å². The fraction of sp³-hybridized carbons (Fsp3) is 0.350. The van der Waals surface area contributed by atoms with Crippen molar-refractivity contribution in [1.29, 1.82) is 0 Å². The van der Waals surface area contributed by atoms with Crippen LogP contribution in [0.25, 0.3) is 0 Å². The number of carbonyl (C=O) groups is 2. The van der Waals surface area contributed by atoms with E-state index >= 15 is 0 Å². The van der Waals surface area contributed by atoms with Crippen LogP contribution >= 0.6 is 11.8 Å². The van der Waals surface area contributed by atoms with Crippen molar-refractivity contribution in [2.45, 2.75) is 11.6 Å². The number of hydrogen-bond acceptors (Lipinski definition) is 6. The minimum atomic E-state index is -0.511. The number of thioether (sulfide) groups is 1. The highest BCUT2D eigenvalue weighted by Crippen LogP contribution is 2.17. The zero-order valence-electron chi connectivity index (χ0n) is 15.3. The molecule has 1 saturated heterocycles. The molecular formula is C20H23N3O3S. The second kappa shape index (κ2) is 9.53. The summed E-state index contributed by atoms with van der Waals surface area (Å²) >= 11 is 1.37. The zero-order valence-corrected chi connectivity index (χ0v) is 16.2. The number of pyridine rings is 1. The quantitative estimate of drug-likeness (QED) is 0.562. The molecule has 0 aliphatic carbocycles. The van der Waals surface area contributed by atoms with Gasteiger partial charge in [-0.1, -0.05) is 30.3 Å². The molecule has 142 valence electrons. The van der Waals surface area contributed by atoms with Crippen LogP contribution in [0, 0.1) is 0 Å². The second-order valence-corrected chi connectivity index (χ2v) is 7.07. The number of nitrogens with zero attached hydrogens (tertiary/aromatic N) is 3. The highest BCUT2D eigenvalue weighted by molar-refractivity contribution is 7.98. The lowest BCUT2D eigenvalue weighted by Crippen LogP contribution is -2.49. The first kappa shape index (κ1) is 19.4. The number of esters is 1. The molecule has 1 aromatic carbocycles. The average Bonchev–Trinajstić information content (AvgIpc) is 2.73. The Bertz CT molecular complexity index is 777. The Kier molecular flexibility index (Phi) is 6.84. The molecule has 0 bridgehead atoms. The first-order chi connectivity index (χ1) is 13.2. The summed E-state index contributed by atoms with van der Waals surface area (Å²) in [5.41, 5.74) is 1.66. The van der Waals surface area contributed by atoms with Gasteiger partial charge in [0.2, 0.25) is 0 Å². The smallest absolute Gasteiger partial charge is 0.341 e. The molecule has 7 heteroatoms. The number of benzene rings is 1. The van der Waals surface area contributed by atoms with Gasteiger partial charge in [-0.2, -0.15) is 0 Å². The van der Waals surface area contributed by atoms with Crippen LogP contribution in [0.2, 0.25) is 0 Å². The lowest BCUT2D eigenvalue weighted by atomic mass is 10.2. The van der Waals surface area contributed by atoms with Crippen molar-refractivity contribution in [3.8, 4) is 0 Å². The highest BCUT2D eigenvalue weighted by atomic mass is 32.2. The van der Waals surface area contributed by atoms with E-state index in [0.717, 1.165) is 19.6 Å². The molecule has 27 heavy (non-hydrogen) atoms. The normalized spacial score (nSPS) is 14.8. The summed E-state index contributed by atoms with van der Waals surface area (Å²) in [7, 11) is 0. The number of amides is 1. The van der Waals surface area contributed by atoms with Crippen LogP contribution in [0.5, 0.6) is 0 Å². The lowest BCUT2D eigenvalue weighted by molar-refractivity contribution is -0.136. The summed E-state index contributed by atoms with van der Waals surface area (Å²) < 4.78 is 5.21.